The standard InChI is InChI=1S/C24H23N5O3S/c1-17-13-21(27-32-17)25-22(30)16-28(2)23(31)11-10-19-15-29(14-18-7-4-3-5-8-18)26-24(19)20-9-6-12-33-20/h3-13,15H,14,16H2,1-2H3,(H,25,27,30)/b11-10+. The van der Waals surface area contributed by atoms with Crippen molar-refractivity contribution in [3.63, 3.8) is 0 Å². The van der Waals surface area contributed by atoms with Crippen LogP contribution in [0.25, 0.3) is 16.6 Å². The number of carbonyl (C=O) groups excluding carboxylic acids is 2. The highest BCUT2D eigenvalue weighted by atomic mass is 32.1. The molecule has 168 valence electrons. The molecule has 4 aromatic rings. The topological polar surface area (TPSA) is 93.3 Å². The van der Waals surface area contributed by atoms with Gasteiger partial charge in [0.1, 0.15) is 11.5 Å². The summed E-state index contributed by atoms with van der Waals surface area (Å²) in [5.41, 5.74) is 2.78. The maximum absolute atomic E-state index is 12.6. The van der Waals surface area contributed by atoms with E-state index in [1.807, 2.05) is 58.7 Å². The second-order valence-electron chi connectivity index (χ2n) is 7.49. The van der Waals surface area contributed by atoms with E-state index in [1.54, 1.807) is 37.5 Å². The molecule has 0 atom stereocenters. The molecule has 0 unspecified atom stereocenters. The summed E-state index contributed by atoms with van der Waals surface area (Å²) >= 11 is 1.59. The lowest BCUT2D eigenvalue weighted by molar-refractivity contribution is -0.129. The molecule has 0 aliphatic carbocycles. The number of nitrogens with zero attached hydrogens (tertiary/aromatic N) is 4. The molecule has 0 bridgehead atoms. The van der Waals surface area contributed by atoms with E-state index in [0.29, 0.717) is 18.1 Å². The minimum atomic E-state index is -0.359. The largest absolute Gasteiger partial charge is 0.360 e. The number of hydrogen-bond donors (Lipinski definition) is 1. The minimum Gasteiger partial charge on any atom is -0.360 e. The van der Waals surface area contributed by atoms with Crippen molar-refractivity contribution in [2.24, 2.45) is 0 Å². The van der Waals surface area contributed by atoms with E-state index in [-0.39, 0.29) is 18.4 Å². The number of benzene rings is 1. The fraction of sp³-hybridized carbons (Fsp3) is 0.167. The number of rotatable bonds is 8. The number of carbonyl (C=O) groups is 2. The van der Waals surface area contributed by atoms with Crippen molar-refractivity contribution in [1.29, 1.82) is 0 Å². The third-order valence-electron chi connectivity index (χ3n) is 4.79. The lowest BCUT2D eigenvalue weighted by atomic mass is 10.2. The zero-order chi connectivity index (χ0) is 23.2. The number of thiophene rings is 1. The van der Waals surface area contributed by atoms with Crippen molar-refractivity contribution in [2.75, 3.05) is 18.9 Å². The summed E-state index contributed by atoms with van der Waals surface area (Å²) < 4.78 is 6.79. The molecule has 3 heterocycles. The van der Waals surface area contributed by atoms with Crippen molar-refractivity contribution < 1.29 is 14.1 Å². The average molecular weight is 462 g/mol. The summed E-state index contributed by atoms with van der Waals surface area (Å²) in [6.07, 6.45) is 5.11. The first kappa shape index (κ1) is 22.2. The van der Waals surface area contributed by atoms with Crippen LogP contribution in [0.2, 0.25) is 0 Å². The zero-order valence-electron chi connectivity index (χ0n) is 18.3. The molecule has 4 rings (SSSR count). The van der Waals surface area contributed by atoms with Gasteiger partial charge in [-0.3, -0.25) is 14.3 Å². The summed E-state index contributed by atoms with van der Waals surface area (Å²) in [4.78, 5) is 27.1. The van der Waals surface area contributed by atoms with Gasteiger partial charge in [0.2, 0.25) is 11.8 Å². The highest BCUT2D eigenvalue weighted by Crippen LogP contribution is 2.27. The Morgan fingerprint density at radius 3 is 2.73 bits per heavy atom. The summed E-state index contributed by atoms with van der Waals surface area (Å²) in [6, 6.07) is 15.6. The number of anilines is 1. The first-order valence-corrected chi connectivity index (χ1v) is 11.2. The Balaban J connectivity index is 1.45. The molecule has 2 amide bonds. The fourth-order valence-electron chi connectivity index (χ4n) is 3.20. The molecule has 33 heavy (non-hydrogen) atoms. The van der Waals surface area contributed by atoms with Gasteiger partial charge in [-0.15, -0.1) is 11.3 Å². The second kappa shape index (κ2) is 10.1. The Morgan fingerprint density at radius 1 is 1.21 bits per heavy atom. The molecule has 0 aliphatic rings. The van der Waals surface area contributed by atoms with Crippen LogP contribution in [0.1, 0.15) is 16.9 Å². The Kier molecular flexibility index (Phi) is 6.80. The highest BCUT2D eigenvalue weighted by molar-refractivity contribution is 7.13. The summed E-state index contributed by atoms with van der Waals surface area (Å²) in [6.45, 7) is 2.25. The van der Waals surface area contributed by atoms with Gasteiger partial charge in [0.05, 0.1) is 18.0 Å². The molecule has 9 heteroatoms. The fourth-order valence-corrected chi connectivity index (χ4v) is 3.94. The highest BCUT2D eigenvalue weighted by Gasteiger charge is 2.14. The van der Waals surface area contributed by atoms with Gasteiger partial charge in [0.15, 0.2) is 5.82 Å². The second-order valence-corrected chi connectivity index (χ2v) is 8.44. The monoisotopic (exact) mass is 461 g/mol. The summed E-state index contributed by atoms with van der Waals surface area (Å²) in [5.74, 6) is 0.254. The molecule has 1 aromatic carbocycles. The van der Waals surface area contributed by atoms with Crippen LogP contribution >= 0.6 is 11.3 Å². The maximum atomic E-state index is 12.6. The molecule has 0 fully saturated rings. The molecular formula is C24H23N5O3S. The van der Waals surface area contributed by atoms with Crippen LogP contribution in [0.3, 0.4) is 0 Å². The number of likely N-dealkylation sites (N-methyl/N-ethyl adjacent to an activating group) is 1. The number of amides is 2. The Labute approximate surface area is 195 Å². The minimum absolute atomic E-state index is 0.111. The van der Waals surface area contributed by atoms with Gasteiger partial charge in [-0.1, -0.05) is 41.6 Å². The lowest BCUT2D eigenvalue weighted by Crippen LogP contribution is -2.33. The maximum Gasteiger partial charge on any atom is 0.246 e. The van der Waals surface area contributed by atoms with Crippen LogP contribution in [0, 0.1) is 6.92 Å². The number of hydrogen-bond acceptors (Lipinski definition) is 6. The molecule has 1 N–H and O–H groups in total. The van der Waals surface area contributed by atoms with E-state index in [0.717, 1.165) is 21.7 Å². The van der Waals surface area contributed by atoms with E-state index in [4.69, 9.17) is 9.62 Å². The van der Waals surface area contributed by atoms with Crippen molar-refractivity contribution in [3.05, 3.63) is 83.1 Å². The molecule has 0 radical (unpaired) electrons. The van der Waals surface area contributed by atoms with Gasteiger partial charge >= 0.3 is 0 Å². The van der Waals surface area contributed by atoms with Crippen molar-refractivity contribution in [3.8, 4) is 10.6 Å². The van der Waals surface area contributed by atoms with E-state index in [9.17, 15) is 9.59 Å². The van der Waals surface area contributed by atoms with E-state index in [2.05, 4.69) is 10.5 Å². The summed E-state index contributed by atoms with van der Waals surface area (Å²) in [7, 11) is 1.57. The number of aromatic nitrogens is 3. The quantitative estimate of drug-likeness (QED) is 0.399. The van der Waals surface area contributed by atoms with Gasteiger partial charge in [-0.05, 0) is 30.0 Å². The molecular weight excluding hydrogens is 438 g/mol. The average Bonchev–Trinajstić information content (AvgIpc) is 3.54. The third-order valence-corrected chi connectivity index (χ3v) is 5.67. The van der Waals surface area contributed by atoms with Gasteiger partial charge in [-0.2, -0.15) is 5.10 Å². The molecule has 8 nitrogen and oxygen atoms in total. The normalized spacial score (nSPS) is 11.1. The predicted octanol–water partition coefficient (Wildman–Crippen LogP) is 4.07. The smallest absolute Gasteiger partial charge is 0.246 e. The SMILES string of the molecule is Cc1cc(NC(=O)CN(C)C(=O)/C=C/c2cn(Cc3ccccc3)nc2-c2cccs2)no1. The van der Waals surface area contributed by atoms with Gasteiger partial charge in [-0.25, -0.2) is 0 Å². The first-order valence-electron chi connectivity index (χ1n) is 10.3. The molecule has 0 saturated heterocycles. The van der Waals surface area contributed by atoms with Gasteiger partial charge < -0.3 is 14.7 Å². The van der Waals surface area contributed by atoms with Crippen LogP contribution in [-0.2, 0) is 16.1 Å². The predicted molar refractivity (Wildman–Crippen MR) is 128 cm³/mol. The Hall–Kier alpha value is -3.98. The zero-order valence-corrected chi connectivity index (χ0v) is 19.1. The van der Waals surface area contributed by atoms with Crippen molar-refractivity contribution >= 4 is 35.0 Å². The first-order chi connectivity index (χ1) is 16.0. The van der Waals surface area contributed by atoms with Crippen LogP contribution in [0.5, 0.6) is 0 Å². The van der Waals surface area contributed by atoms with Crippen LogP contribution in [0.15, 0.2) is 70.7 Å². The van der Waals surface area contributed by atoms with Crippen molar-refractivity contribution in [2.45, 2.75) is 13.5 Å². The van der Waals surface area contributed by atoms with Crippen LogP contribution in [-0.4, -0.2) is 45.2 Å². The Bertz CT molecular complexity index is 1260. The molecule has 0 spiro atoms. The number of nitrogens with one attached hydrogen (secondary N) is 1. The van der Waals surface area contributed by atoms with Crippen LogP contribution in [0.4, 0.5) is 5.82 Å². The molecule has 3 aromatic heterocycles. The third kappa shape index (κ3) is 5.83. The van der Waals surface area contributed by atoms with E-state index >= 15 is 0 Å². The number of aryl methyl sites for hydroxylation is 1. The Morgan fingerprint density at radius 2 is 2.03 bits per heavy atom. The molecule has 0 aliphatic heterocycles. The van der Waals surface area contributed by atoms with Gasteiger partial charge in [0, 0.05) is 31.0 Å². The van der Waals surface area contributed by atoms with Crippen LogP contribution < -0.4 is 5.32 Å². The van der Waals surface area contributed by atoms with Gasteiger partial charge in [0.25, 0.3) is 0 Å². The summed E-state index contributed by atoms with van der Waals surface area (Å²) in [5, 5.41) is 13.1. The van der Waals surface area contributed by atoms with E-state index in [1.165, 1.54) is 11.0 Å². The lowest BCUT2D eigenvalue weighted by Gasteiger charge is -2.13. The molecule has 0 saturated carbocycles. The van der Waals surface area contributed by atoms with E-state index < -0.39 is 0 Å². The van der Waals surface area contributed by atoms with Crippen molar-refractivity contribution in [1.82, 2.24) is 19.8 Å².